The van der Waals surface area contributed by atoms with Gasteiger partial charge in [0, 0.05) is 22.5 Å². The molecule has 0 atom stereocenters. The van der Waals surface area contributed by atoms with E-state index in [0.29, 0.717) is 11.3 Å². The highest BCUT2D eigenvalue weighted by Gasteiger charge is 2.19. The van der Waals surface area contributed by atoms with Gasteiger partial charge in [0.25, 0.3) is 0 Å². The second-order valence-electron chi connectivity index (χ2n) is 5.41. The van der Waals surface area contributed by atoms with Crippen molar-refractivity contribution < 1.29 is 9.53 Å². The number of carbonyl (C=O) groups excluding carboxylic acids is 1. The van der Waals surface area contributed by atoms with Gasteiger partial charge in [-0.1, -0.05) is 36.4 Å². The predicted molar refractivity (Wildman–Crippen MR) is 91.3 cm³/mol. The van der Waals surface area contributed by atoms with Gasteiger partial charge in [0.1, 0.15) is 11.4 Å². The number of ether oxygens (including phenoxy) is 1. The molecular weight excluding hydrogens is 286 g/mol. The van der Waals surface area contributed by atoms with Crippen molar-refractivity contribution in [2.45, 2.75) is 0 Å². The highest BCUT2D eigenvalue weighted by Crippen LogP contribution is 2.31. The number of carbonyl (C=O) groups is 1. The normalized spacial score (nSPS) is 11.0. The lowest BCUT2D eigenvalue weighted by molar-refractivity contribution is 0.103. The second-order valence-corrected chi connectivity index (χ2v) is 5.41. The van der Waals surface area contributed by atoms with E-state index in [4.69, 9.17) is 4.74 Å². The van der Waals surface area contributed by atoms with E-state index >= 15 is 0 Å². The molecule has 0 spiro atoms. The average molecular weight is 301 g/mol. The second kappa shape index (κ2) is 5.29. The van der Waals surface area contributed by atoms with Crippen molar-refractivity contribution in [3.8, 4) is 5.75 Å². The lowest BCUT2D eigenvalue weighted by atomic mass is 10.0. The minimum Gasteiger partial charge on any atom is -0.497 e. The van der Waals surface area contributed by atoms with Crippen LogP contribution in [-0.4, -0.2) is 17.3 Å². The maximum absolute atomic E-state index is 13.0. The minimum atomic E-state index is 0.0203. The van der Waals surface area contributed by atoms with E-state index in [9.17, 15) is 4.79 Å². The van der Waals surface area contributed by atoms with Crippen LogP contribution in [-0.2, 0) is 0 Å². The molecule has 112 valence electrons. The van der Waals surface area contributed by atoms with Gasteiger partial charge in [-0.2, -0.15) is 0 Å². The molecule has 0 saturated carbocycles. The average Bonchev–Trinajstić information content (AvgIpc) is 2.95. The number of fused-ring (bicyclic) bond motifs is 3. The van der Waals surface area contributed by atoms with Gasteiger partial charge in [0.15, 0.2) is 0 Å². The van der Waals surface area contributed by atoms with Crippen molar-refractivity contribution in [2.24, 2.45) is 0 Å². The van der Waals surface area contributed by atoms with E-state index in [-0.39, 0.29) is 5.78 Å². The Kier molecular flexibility index (Phi) is 3.12. The highest BCUT2D eigenvalue weighted by molar-refractivity contribution is 6.19. The first-order valence-corrected chi connectivity index (χ1v) is 7.46. The maximum atomic E-state index is 13.0. The first-order valence-electron chi connectivity index (χ1n) is 7.46. The summed E-state index contributed by atoms with van der Waals surface area (Å²) in [6.07, 6.45) is 1.93. The number of hydrogen-bond donors (Lipinski definition) is 0. The van der Waals surface area contributed by atoms with Crippen LogP contribution in [0.15, 0.2) is 72.9 Å². The van der Waals surface area contributed by atoms with E-state index in [1.807, 2.05) is 77.3 Å². The molecule has 0 aliphatic rings. The molecule has 4 rings (SSSR count). The number of rotatable bonds is 3. The lowest BCUT2D eigenvalue weighted by Crippen LogP contribution is -2.05. The summed E-state index contributed by atoms with van der Waals surface area (Å²) in [7, 11) is 1.65. The molecule has 2 aromatic carbocycles. The van der Waals surface area contributed by atoms with Gasteiger partial charge in [0.05, 0.1) is 12.6 Å². The molecule has 4 aromatic rings. The van der Waals surface area contributed by atoms with E-state index in [0.717, 1.165) is 22.0 Å². The summed E-state index contributed by atoms with van der Waals surface area (Å²) >= 11 is 0. The molecule has 0 N–H and O–H groups in total. The van der Waals surface area contributed by atoms with Crippen molar-refractivity contribution in [3.05, 3.63) is 84.2 Å². The Hall–Kier alpha value is -3.07. The molecule has 3 nitrogen and oxygen atoms in total. The van der Waals surface area contributed by atoms with Crippen LogP contribution in [0.4, 0.5) is 0 Å². The van der Waals surface area contributed by atoms with E-state index in [2.05, 4.69) is 0 Å². The Labute approximate surface area is 133 Å². The maximum Gasteiger partial charge on any atom is 0.210 e. The highest BCUT2D eigenvalue weighted by atomic mass is 16.5. The molecule has 0 aliphatic carbocycles. The van der Waals surface area contributed by atoms with Crippen molar-refractivity contribution in [2.75, 3.05) is 7.11 Å². The Morgan fingerprint density at radius 3 is 2.48 bits per heavy atom. The predicted octanol–water partition coefficient (Wildman–Crippen LogP) is 4.33. The largest absolute Gasteiger partial charge is 0.497 e. The van der Waals surface area contributed by atoms with Crippen LogP contribution in [0.5, 0.6) is 5.75 Å². The third kappa shape index (κ3) is 2.09. The number of aromatic nitrogens is 1. The topological polar surface area (TPSA) is 30.7 Å². The van der Waals surface area contributed by atoms with Crippen LogP contribution < -0.4 is 4.74 Å². The minimum absolute atomic E-state index is 0.0203. The zero-order valence-corrected chi connectivity index (χ0v) is 12.7. The van der Waals surface area contributed by atoms with E-state index in [1.165, 1.54) is 0 Å². The molecule has 0 aliphatic heterocycles. The fraction of sp³-hybridized carbons (Fsp3) is 0.0500. The van der Waals surface area contributed by atoms with Crippen molar-refractivity contribution >= 4 is 22.1 Å². The molecule has 0 bridgehead atoms. The molecule has 2 heterocycles. The number of pyridine rings is 1. The van der Waals surface area contributed by atoms with Crippen LogP contribution in [0.2, 0.25) is 0 Å². The van der Waals surface area contributed by atoms with Gasteiger partial charge in [-0.05, 0) is 30.3 Å². The summed E-state index contributed by atoms with van der Waals surface area (Å²) in [6.45, 7) is 0. The Balaban J connectivity index is 2.06. The molecular formula is C20H15NO2. The monoisotopic (exact) mass is 301 g/mol. The number of ketones is 1. The number of hydrogen-bond acceptors (Lipinski definition) is 2. The molecule has 0 saturated heterocycles. The summed E-state index contributed by atoms with van der Waals surface area (Å²) in [5.74, 6) is 0.805. The fourth-order valence-corrected chi connectivity index (χ4v) is 3.01. The van der Waals surface area contributed by atoms with Gasteiger partial charge in [0.2, 0.25) is 5.78 Å². The van der Waals surface area contributed by atoms with Crippen LogP contribution in [0.25, 0.3) is 16.3 Å². The standard InChI is InChI=1S/C20H15NO2/c1-23-15-10-11-16-17(13-15)18-9-5-6-12-21(18)19(16)20(22)14-7-3-2-4-8-14/h2-13H,1H3. The molecule has 0 amide bonds. The molecule has 3 heteroatoms. The summed E-state index contributed by atoms with van der Waals surface area (Å²) < 4.78 is 7.29. The van der Waals surface area contributed by atoms with Crippen LogP contribution >= 0.6 is 0 Å². The number of methoxy groups -OCH3 is 1. The molecule has 0 unspecified atom stereocenters. The van der Waals surface area contributed by atoms with E-state index in [1.54, 1.807) is 7.11 Å². The zero-order chi connectivity index (χ0) is 15.8. The third-order valence-corrected chi connectivity index (χ3v) is 4.11. The van der Waals surface area contributed by atoms with Crippen LogP contribution in [0.3, 0.4) is 0 Å². The van der Waals surface area contributed by atoms with Crippen molar-refractivity contribution in [1.29, 1.82) is 0 Å². The smallest absolute Gasteiger partial charge is 0.210 e. The molecule has 0 fully saturated rings. The quantitative estimate of drug-likeness (QED) is 0.527. The molecule has 0 radical (unpaired) electrons. The lowest BCUT2D eigenvalue weighted by Gasteiger charge is -2.03. The number of nitrogens with zero attached hydrogens (tertiary/aromatic N) is 1. The van der Waals surface area contributed by atoms with Crippen molar-refractivity contribution in [3.63, 3.8) is 0 Å². The number of benzene rings is 2. The third-order valence-electron chi connectivity index (χ3n) is 4.11. The first kappa shape index (κ1) is 13.6. The zero-order valence-electron chi connectivity index (χ0n) is 12.7. The van der Waals surface area contributed by atoms with Gasteiger partial charge in [-0.15, -0.1) is 0 Å². The van der Waals surface area contributed by atoms with Gasteiger partial charge >= 0.3 is 0 Å². The fourth-order valence-electron chi connectivity index (χ4n) is 3.01. The molecule has 2 aromatic heterocycles. The SMILES string of the molecule is COc1ccc2c(C(=O)c3ccccc3)n3ccccc3c2c1. The Bertz CT molecular complexity index is 1020. The van der Waals surface area contributed by atoms with Crippen LogP contribution in [0.1, 0.15) is 16.1 Å². The summed E-state index contributed by atoms with van der Waals surface area (Å²) in [5.41, 5.74) is 2.37. The summed E-state index contributed by atoms with van der Waals surface area (Å²) in [6, 6.07) is 21.1. The Morgan fingerprint density at radius 1 is 0.913 bits per heavy atom. The first-order chi connectivity index (χ1) is 11.3. The van der Waals surface area contributed by atoms with Gasteiger partial charge in [-0.25, -0.2) is 0 Å². The summed E-state index contributed by atoms with van der Waals surface area (Å²) in [4.78, 5) is 13.0. The van der Waals surface area contributed by atoms with Gasteiger partial charge in [-0.3, -0.25) is 4.79 Å². The summed E-state index contributed by atoms with van der Waals surface area (Å²) in [5, 5.41) is 1.95. The Morgan fingerprint density at radius 2 is 1.70 bits per heavy atom. The van der Waals surface area contributed by atoms with Crippen molar-refractivity contribution in [1.82, 2.24) is 4.40 Å². The van der Waals surface area contributed by atoms with Gasteiger partial charge < -0.3 is 9.14 Å². The van der Waals surface area contributed by atoms with Crippen LogP contribution in [0, 0.1) is 0 Å². The molecule has 23 heavy (non-hydrogen) atoms. The van der Waals surface area contributed by atoms with E-state index < -0.39 is 0 Å².